The number of carbonyl (C=O) groups excluding carboxylic acids is 1. The predicted octanol–water partition coefficient (Wildman–Crippen LogP) is 6.85. The number of ether oxygens (including phenoxy) is 1. The number of nitrogens with zero attached hydrogens (tertiary/aromatic N) is 1. The van der Waals surface area contributed by atoms with Gasteiger partial charge in [0.2, 0.25) is 5.91 Å². The summed E-state index contributed by atoms with van der Waals surface area (Å²) in [5.74, 6) is 2.23. The zero-order valence-corrected chi connectivity index (χ0v) is 20.8. The van der Waals surface area contributed by atoms with Crippen LogP contribution in [0.5, 0.6) is 5.75 Å². The lowest BCUT2D eigenvalue weighted by Gasteiger charge is -2.35. The molecule has 182 valence electrons. The Morgan fingerprint density at radius 2 is 1.66 bits per heavy atom. The van der Waals surface area contributed by atoms with Gasteiger partial charge in [0.1, 0.15) is 17.9 Å². The van der Waals surface area contributed by atoms with Crippen LogP contribution in [0.1, 0.15) is 69.0 Å². The number of fused-ring (bicyclic) bond motifs is 1. The second-order valence-electron chi connectivity index (χ2n) is 10.2. The molecule has 1 aliphatic heterocycles. The molecule has 35 heavy (non-hydrogen) atoms. The minimum atomic E-state index is -0.700. The maximum absolute atomic E-state index is 13.3. The molecule has 3 aromatic rings. The molecule has 2 aliphatic rings. The van der Waals surface area contributed by atoms with E-state index in [1.807, 2.05) is 43.3 Å². The molecule has 1 amide bonds. The Morgan fingerprint density at radius 3 is 2.34 bits per heavy atom. The van der Waals surface area contributed by atoms with Gasteiger partial charge in [-0.3, -0.25) is 4.79 Å². The summed E-state index contributed by atoms with van der Waals surface area (Å²) in [7, 11) is 0. The maximum Gasteiger partial charge on any atom is 0.248 e. The van der Waals surface area contributed by atoms with Crippen LogP contribution >= 0.6 is 0 Å². The highest BCUT2D eigenvalue weighted by atomic mass is 16.5. The van der Waals surface area contributed by atoms with Crippen molar-refractivity contribution in [2.75, 3.05) is 11.4 Å². The first-order valence-electron chi connectivity index (χ1n) is 13.1. The zero-order chi connectivity index (χ0) is 24.4. The maximum atomic E-state index is 13.3. The molecular weight excluding hydrogens is 432 g/mol. The van der Waals surface area contributed by atoms with Gasteiger partial charge in [0.25, 0.3) is 0 Å². The predicted molar refractivity (Wildman–Crippen MR) is 143 cm³/mol. The van der Waals surface area contributed by atoms with Crippen LogP contribution in [0.2, 0.25) is 0 Å². The number of rotatable bonds is 5. The van der Waals surface area contributed by atoms with E-state index >= 15 is 0 Å². The first-order chi connectivity index (χ1) is 17.0. The van der Waals surface area contributed by atoms with Crippen LogP contribution in [0, 0.1) is 5.92 Å². The van der Waals surface area contributed by atoms with Gasteiger partial charge in [-0.2, -0.15) is 0 Å². The van der Waals surface area contributed by atoms with Gasteiger partial charge in [-0.25, -0.2) is 0 Å². The highest BCUT2D eigenvalue weighted by molar-refractivity contribution is 5.99. The highest BCUT2D eigenvalue weighted by Gasteiger charge is 2.31. The number of amides is 1. The summed E-state index contributed by atoms with van der Waals surface area (Å²) in [4.78, 5) is 15.1. The van der Waals surface area contributed by atoms with E-state index < -0.39 is 6.04 Å². The molecule has 2 N–H and O–H groups in total. The van der Waals surface area contributed by atoms with E-state index in [1.165, 1.54) is 43.2 Å². The van der Waals surface area contributed by atoms with Crippen molar-refractivity contribution in [1.29, 1.82) is 0 Å². The molecule has 1 heterocycles. The van der Waals surface area contributed by atoms with Gasteiger partial charge in [0.05, 0.1) is 12.2 Å². The smallest absolute Gasteiger partial charge is 0.248 e. The first-order valence-corrected chi connectivity index (χ1v) is 13.1. The summed E-state index contributed by atoms with van der Waals surface area (Å²) < 4.78 is 6.16. The molecule has 4 nitrogen and oxygen atoms in total. The number of nitrogens with two attached hydrogens (primary N) is 1. The molecule has 0 saturated heterocycles. The van der Waals surface area contributed by atoms with Gasteiger partial charge in [-0.1, -0.05) is 74.0 Å². The molecule has 2 atom stereocenters. The summed E-state index contributed by atoms with van der Waals surface area (Å²) in [6.07, 6.45) is 6.52. The van der Waals surface area contributed by atoms with Crippen molar-refractivity contribution in [3.63, 3.8) is 0 Å². The van der Waals surface area contributed by atoms with E-state index in [0.29, 0.717) is 12.5 Å². The van der Waals surface area contributed by atoms with Gasteiger partial charge >= 0.3 is 0 Å². The van der Waals surface area contributed by atoms with Crippen molar-refractivity contribution in [2.45, 2.75) is 64.0 Å². The molecule has 5 rings (SSSR count). The third-order valence-corrected chi connectivity index (χ3v) is 7.85. The van der Waals surface area contributed by atoms with E-state index in [2.05, 4.69) is 43.3 Å². The first kappa shape index (κ1) is 23.6. The summed E-state index contributed by atoms with van der Waals surface area (Å²) in [6, 6.07) is 24.0. The lowest BCUT2D eigenvalue weighted by Crippen LogP contribution is -2.46. The molecule has 0 bridgehead atoms. The molecule has 1 aliphatic carbocycles. The third-order valence-electron chi connectivity index (χ3n) is 7.85. The quantitative estimate of drug-likeness (QED) is 0.445. The van der Waals surface area contributed by atoms with E-state index in [0.717, 1.165) is 28.5 Å². The second-order valence-corrected chi connectivity index (χ2v) is 10.2. The van der Waals surface area contributed by atoms with Crippen LogP contribution in [-0.4, -0.2) is 18.6 Å². The highest BCUT2D eigenvalue weighted by Crippen LogP contribution is 2.40. The molecule has 0 radical (unpaired) electrons. The fourth-order valence-electron chi connectivity index (χ4n) is 5.65. The van der Waals surface area contributed by atoms with Crippen molar-refractivity contribution in [3.8, 4) is 16.9 Å². The zero-order valence-electron chi connectivity index (χ0n) is 20.8. The second kappa shape index (κ2) is 10.2. The number of carbonyl (C=O) groups is 1. The topological polar surface area (TPSA) is 55.6 Å². The lowest BCUT2D eigenvalue weighted by molar-refractivity contribution is -0.120. The van der Waals surface area contributed by atoms with Crippen molar-refractivity contribution in [1.82, 2.24) is 0 Å². The van der Waals surface area contributed by atoms with Gasteiger partial charge in [-0.15, -0.1) is 0 Å². The number of anilines is 1. The van der Waals surface area contributed by atoms with Crippen LogP contribution in [0.25, 0.3) is 11.1 Å². The van der Waals surface area contributed by atoms with E-state index in [1.54, 1.807) is 4.90 Å². The van der Waals surface area contributed by atoms with Gasteiger partial charge in [-0.05, 0) is 78.8 Å². The summed E-state index contributed by atoms with van der Waals surface area (Å²) in [5, 5.41) is 0. The molecule has 4 heteroatoms. The average molecular weight is 469 g/mol. The van der Waals surface area contributed by atoms with E-state index in [-0.39, 0.29) is 12.0 Å². The molecule has 1 saturated carbocycles. The van der Waals surface area contributed by atoms with Crippen LogP contribution in [0.4, 0.5) is 5.69 Å². The van der Waals surface area contributed by atoms with Crippen molar-refractivity contribution >= 4 is 11.6 Å². The summed E-state index contributed by atoms with van der Waals surface area (Å²) in [6.45, 7) is 4.79. The Bertz CT molecular complexity index is 1150. The molecule has 1 unspecified atom stereocenters. The molecular formula is C31H36N2O2. The Balaban J connectivity index is 1.35. The molecule has 0 spiro atoms. The van der Waals surface area contributed by atoms with Gasteiger partial charge in [0, 0.05) is 0 Å². The van der Waals surface area contributed by atoms with Crippen LogP contribution in [-0.2, 0) is 4.79 Å². The Kier molecular flexibility index (Phi) is 6.92. The van der Waals surface area contributed by atoms with E-state index in [9.17, 15) is 4.79 Å². The monoisotopic (exact) mass is 468 g/mol. The van der Waals surface area contributed by atoms with Crippen LogP contribution in [0.15, 0.2) is 72.8 Å². The molecule has 1 fully saturated rings. The SMILES string of the molecule is CCC1CCC(c2ccc(-c3ccc4c(c3)OC(C)CN4C(=O)[C@@H](N)c3ccccc3)cc2)CC1. The average Bonchev–Trinajstić information content (AvgIpc) is 2.92. The Morgan fingerprint density at radius 1 is 0.971 bits per heavy atom. The largest absolute Gasteiger partial charge is 0.487 e. The van der Waals surface area contributed by atoms with Crippen molar-refractivity contribution in [2.24, 2.45) is 11.7 Å². The van der Waals surface area contributed by atoms with Crippen LogP contribution in [0.3, 0.4) is 0 Å². The minimum Gasteiger partial charge on any atom is -0.487 e. The lowest BCUT2D eigenvalue weighted by atomic mass is 9.77. The molecule has 0 aromatic heterocycles. The van der Waals surface area contributed by atoms with E-state index in [4.69, 9.17) is 10.5 Å². The molecule has 3 aromatic carbocycles. The fraction of sp³-hybridized carbons (Fsp3) is 0.387. The minimum absolute atomic E-state index is 0.106. The number of hydrogen-bond acceptors (Lipinski definition) is 3. The van der Waals surface area contributed by atoms with Crippen molar-refractivity contribution in [3.05, 3.63) is 83.9 Å². The third kappa shape index (κ3) is 4.99. The van der Waals surface area contributed by atoms with Gasteiger partial charge < -0.3 is 15.4 Å². The Hall–Kier alpha value is -3.11. The standard InChI is InChI=1S/C31H36N2O2/c1-3-22-9-11-23(12-10-22)24-13-15-25(16-14-24)27-17-18-28-29(19-27)35-21(2)20-33(28)31(34)30(32)26-7-5-4-6-8-26/h4-8,13-19,21-23,30H,3,9-12,20,32H2,1-2H3/t21?,22?,23?,30-/m0/s1. The fourth-order valence-corrected chi connectivity index (χ4v) is 5.65. The summed E-state index contributed by atoms with van der Waals surface area (Å²) >= 11 is 0. The normalized spacial score (nSPS) is 22.7. The number of benzene rings is 3. The van der Waals surface area contributed by atoms with Crippen LogP contribution < -0.4 is 15.4 Å². The van der Waals surface area contributed by atoms with Crippen molar-refractivity contribution < 1.29 is 9.53 Å². The number of hydrogen-bond donors (Lipinski definition) is 1. The Labute approximate surface area is 209 Å². The van der Waals surface area contributed by atoms with Gasteiger partial charge in [0.15, 0.2) is 0 Å². The summed E-state index contributed by atoms with van der Waals surface area (Å²) in [5.41, 5.74) is 11.7.